The molecule has 3 heterocycles. The van der Waals surface area contributed by atoms with Crippen LogP contribution in [0.4, 0.5) is 5.82 Å². The van der Waals surface area contributed by atoms with Crippen molar-refractivity contribution in [2.75, 3.05) is 11.9 Å². The van der Waals surface area contributed by atoms with Crippen LogP contribution < -0.4 is 16.9 Å². The number of hydrazone groups is 1. The van der Waals surface area contributed by atoms with Crippen molar-refractivity contribution in [2.45, 2.75) is 26.5 Å². The Morgan fingerprint density at radius 2 is 2.00 bits per heavy atom. The van der Waals surface area contributed by atoms with Crippen LogP contribution in [0, 0.1) is 6.92 Å². The van der Waals surface area contributed by atoms with Crippen molar-refractivity contribution >= 4 is 22.6 Å². The topological polar surface area (TPSA) is 116 Å². The lowest BCUT2D eigenvalue weighted by atomic mass is 10.1. The lowest BCUT2D eigenvalue weighted by Gasteiger charge is -2.21. The molecule has 5 N–H and O–H groups in total. The van der Waals surface area contributed by atoms with Gasteiger partial charge < -0.3 is 21.6 Å². The van der Waals surface area contributed by atoms with Crippen LogP contribution in [0.3, 0.4) is 0 Å². The summed E-state index contributed by atoms with van der Waals surface area (Å²) in [6.07, 6.45) is 0.751. The van der Waals surface area contributed by atoms with Gasteiger partial charge in [0.2, 0.25) is 5.95 Å². The second kappa shape index (κ2) is 8.32. The summed E-state index contributed by atoms with van der Waals surface area (Å²) in [6.45, 7) is 3.86. The van der Waals surface area contributed by atoms with Crippen LogP contribution in [0.2, 0.25) is 0 Å². The number of nitrogens with two attached hydrogens (primary N) is 2. The Bertz CT molecular complexity index is 1310. The van der Waals surface area contributed by atoms with Crippen molar-refractivity contribution in [2.24, 2.45) is 16.7 Å². The molecule has 0 bridgehead atoms. The summed E-state index contributed by atoms with van der Waals surface area (Å²) >= 11 is 0. The Kier molecular flexibility index (Phi) is 5.20. The van der Waals surface area contributed by atoms with E-state index in [0.717, 1.165) is 45.7 Å². The summed E-state index contributed by atoms with van der Waals surface area (Å²) in [6, 6.07) is 18.2. The second-order valence-electron chi connectivity index (χ2n) is 7.81. The van der Waals surface area contributed by atoms with Gasteiger partial charge in [-0.1, -0.05) is 42.5 Å². The molecule has 0 saturated heterocycles. The molecule has 0 saturated carbocycles. The van der Waals surface area contributed by atoms with E-state index in [9.17, 15) is 0 Å². The molecule has 5 rings (SSSR count). The first-order valence-corrected chi connectivity index (χ1v) is 10.6. The van der Waals surface area contributed by atoms with E-state index in [1.165, 1.54) is 5.56 Å². The second-order valence-corrected chi connectivity index (χ2v) is 7.81. The molecule has 8 heteroatoms. The van der Waals surface area contributed by atoms with E-state index in [0.29, 0.717) is 31.5 Å². The van der Waals surface area contributed by atoms with Crippen molar-refractivity contribution in [3.63, 3.8) is 0 Å². The van der Waals surface area contributed by atoms with Crippen molar-refractivity contribution in [3.8, 4) is 5.95 Å². The van der Waals surface area contributed by atoms with Crippen molar-refractivity contribution in [1.29, 1.82) is 0 Å². The third-order valence-electron chi connectivity index (χ3n) is 5.76. The average molecular weight is 428 g/mol. The first-order valence-electron chi connectivity index (χ1n) is 10.6. The SMILES string of the molecule is Cc1cc2c(C(N)=NN)cccc2n1-c1nc2c(c(NCc3ccccc3)n1)COCC2. The number of aromatic nitrogens is 3. The summed E-state index contributed by atoms with van der Waals surface area (Å²) < 4.78 is 7.75. The maximum absolute atomic E-state index is 6.03. The first-order chi connectivity index (χ1) is 15.7. The molecule has 0 amide bonds. The Balaban J connectivity index is 1.62. The van der Waals surface area contributed by atoms with E-state index in [2.05, 4.69) is 28.6 Å². The number of anilines is 1. The van der Waals surface area contributed by atoms with E-state index in [1.807, 2.05) is 47.9 Å². The Labute approximate surface area is 185 Å². The third kappa shape index (κ3) is 3.54. The summed E-state index contributed by atoms with van der Waals surface area (Å²) in [5.74, 6) is 7.15. The number of hydrogen-bond donors (Lipinski definition) is 3. The average Bonchev–Trinajstić information content (AvgIpc) is 3.18. The zero-order chi connectivity index (χ0) is 22.1. The molecule has 162 valence electrons. The van der Waals surface area contributed by atoms with Crippen LogP contribution in [0.15, 0.2) is 59.7 Å². The highest BCUT2D eigenvalue weighted by atomic mass is 16.5. The highest BCUT2D eigenvalue weighted by molar-refractivity contribution is 6.08. The predicted octanol–water partition coefficient (Wildman–Crippen LogP) is 2.99. The molecule has 8 nitrogen and oxygen atoms in total. The van der Waals surface area contributed by atoms with Crippen molar-refractivity contribution in [3.05, 3.63) is 82.7 Å². The van der Waals surface area contributed by atoms with E-state index < -0.39 is 0 Å². The van der Waals surface area contributed by atoms with Gasteiger partial charge in [0, 0.05) is 35.2 Å². The van der Waals surface area contributed by atoms with E-state index in [-0.39, 0.29) is 0 Å². The fourth-order valence-electron chi connectivity index (χ4n) is 4.17. The minimum Gasteiger partial charge on any atom is -0.382 e. The van der Waals surface area contributed by atoms with Gasteiger partial charge in [0.15, 0.2) is 5.84 Å². The molecule has 1 aliphatic heterocycles. The van der Waals surface area contributed by atoms with Gasteiger partial charge in [-0.05, 0) is 24.6 Å². The van der Waals surface area contributed by atoms with Gasteiger partial charge >= 0.3 is 0 Å². The highest BCUT2D eigenvalue weighted by Crippen LogP contribution is 2.29. The van der Waals surface area contributed by atoms with Gasteiger partial charge in [0.1, 0.15) is 5.82 Å². The maximum atomic E-state index is 6.03. The third-order valence-corrected chi connectivity index (χ3v) is 5.76. The smallest absolute Gasteiger partial charge is 0.236 e. The van der Waals surface area contributed by atoms with Crippen LogP contribution in [-0.4, -0.2) is 27.0 Å². The molecule has 0 atom stereocenters. The lowest BCUT2D eigenvalue weighted by molar-refractivity contribution is 0.109. The molecular formula is C24H25N7O. The zero-order valence-electron chi connectivity index (χ0n) is 17.9. The zero-order valence-corrected chi connectivity index (χ0v) is 17.9. The summed E-state index contributed by atoms with van der Waals surface area (Å²) in [4.78, 5) is 9.85. The van der Waals surface area contributed by atoms with Gasteiger partial charge in [-0.2, -0.15) is 10.1 Å². The molecule has 0 aliphatic carbocycles. The number of aryl methyl sites for hydroxylation is 1. The number of hydrogen-bond acceptors (Lipinski definition) is 6. The normalized spacial score (nSPS) is 13.8. The molecule has 32 heavy (non-hydrogen) atoms. The number of rotatable bonds is 5. The number of nitrogens with zero attached hydrogens (tertiary/aromatic N) is 4. The van der Waals surface area contributed by atoms with Gasteiger partial charge in [-0.15, -0.1) is 0 Å². The molecule has 2 aromatic heterocycles. The largest absolute Gasteiger partial charge is 0.382 e. The minimum absolute atomic E-state index is 0.293. The number of amidine groups is 1. The van der Waals surface area contributed by atoms with Gasteiger partial charge in [-0.25, -0.2) is 4.98 Å². The molecule has 0 fully saturated rings. The molecule has 4 aromatic rings. The molecular weight excluding hydrogens is 402 g/mol. The molecule has 0 unspecified atom stereocenters. The fraction of sp³-hybridized carbons (Fsp3) is 0.208. The summed E-state index contributed by atoms with van der Waals surface area (Å²) in [5.41, 5.74) is 12.0. The Hall–Kier alpha value is -3.91. The molecule has 0 radical (unpaired) electrons. The monoisotopic (exact) mass is 427 g/mol. The van der Waals surface area contributed by atoms with Crippen molar-refractivity contribution < 1.29 is 4.74 Å². The number of fused-ring (bicyclic) bond motifs is 2. The Morgan fingerprint density at radius 3 is 2.81 bits per heavy atom. The molecule has 0 spiro atoms. The number of ether oxygens (including phenoxy) is 1. The van der Waals surface area contributed by atoms with E-state index in [1.54, 1.807) is 0 Å². The van der Waals surface area contributed by atoms with Crippen LogP contribution in [0.5, 0.6) is 0 Å². The van der Waals surface area contributed by atoms with Crippen LogP contribution in [0.25, 0.3) is 16.9 Å². The Morgan fingerprint density at radius 1 is 1.16 bits per heavy atom. The fourth-order valence-corrected chi connectivity index (χ4v) is 4.17. The minimum atomic E-state index is 0.293. The molecule has 2 aromatic carbocycles. The van der Waals surface area contributed by atoms with Gasteiger partial charge in [-0.3, -0.25) is 4.57 Å². The number of nitrogens with one attached hydrogen (secondary N) is 1. The molecule has 1 aliphatic rings. The van der Waals surface area contributed by atoms with Crippen LogP contribution >= 0.6 is 0 Å². The summed E-state index contributed by atoms with van der Waals surface area (Å²) in [7, 11) is 0. The lowest BCUT2D eigenvalue weighted by Crippen LogP contribution is -2.19. The van der Waals surface area contributed by atoms with Gasteiger partial charge in [0.05, 0.1) is 24.4 Å². The highest BCUT2D eigenvalue weighted by Gasteiger charge is 2.21. The van der Waals surface area contributed by atoms with Crippen LogP contribution in [0.1, 0.15) is 28.1 Å². The maximum Gasteiger partial charge on any atom is 0.236 e. The van der Waals surface area contributed by atoms with Gasteiger partial charge in [0.25, 0.3) is 0 Å². The predicted molar refractivity (Wildman–Crippen MR) is 126 cm³/mol. The summed E-state index contributed by atoms with van der Waals surface area (Å²) in [5, 5.41) is 8.13. The number of benzene rings is 2. The first kappa shape index (κ1) is 20.0. The quantitative estimate of drug-likeness (QED) is 0.195. The van der Waals surface area contributed by atoms with E-state index >= 15 is 0 Å². The van der Waals surface area contributed by atoms with Crippen molar-refractivity contribution in [1.82, 2.24) is 14.5 Å². The van der Waals surface area contributed by atoms with E-state index in [4.69, 9.17) is 26.3 Å². The standard InChI is InChI=1S/C24H25N7O/c1-15-12-18-17(22(25)30-26)8-5-9-21(18)31(15)24-28-20-10-11-32-14-19(20)23(29-24)27-13-16-6-3-2-4-7-16/h2-9,12H,10-11,13-14,26H2,1H3,(H2,25,30)(H,27,28,29). The van der Waals surface area contributed by atoms with Crippen LogP contribution in [-0.2, 0) is 24.3 Å².